The van der Waals surface area contributed by atoms with Crippen LogP contribution < -0.4 is 5.32 Å². The number of anilines is 1. The van der Waals surface area contributed by atoms with E-state index in [9.17, 15) is 9.18 Å². The van der Waals surface area contributed by atoms with Gasteiger partial charge in [-0.2, -0.15) is 5.10 Å². The Morgan fingerprint density at radius 2 is 1.92 bits per heavy atom. The SMILES string of the molecule is Cc1c(C(=O)Nc2ccn(-c3ccccc3)n2)sc2cccc(F)c12. The number of halogens is 1. The lowest BCUT2D eigenvalue weighted by Gasteiger charge is -2.02. The van der Waals surface area contributed by atoms with Crippen LogP contribution in [0, 0.1) is 12.7 Å². The number of amides is 1. The van der Waals surface area contributed by atoms with Gasteiger partial charge in [-0.15, -0.1) is 11.3 Å². The third-order valence-corrected chi connectivity index (χ3v) is 5.22. The number of rotatable bonds is 3. The second-order valence-corrected chi connectivity index (χ2v) is 6.66. The van der Waals surface area contributed by atoms with Gasteiger partial charge in [-0.1, -0.05) is 24.3 Å². The molecule has 0 saturated carbocycles. The molecule has 0 aliphatic carbocycles. The predicted molar refractivity (Wildman–Crippen MR) is 98.0 cm³/mol. The molecule has 1 amide bonds. The average molecular weight is 351 g/mol. The van der Waals surface area contributed by atoms with Crippen molar-refractivity contribution < 1.29 is 9.18 Å². The summed E-state index contributed by atoms with van der Waals surface area (Å²) < 4.78 is 16.5. The minimum Gasteiger partial charge on any atom is -0.304 e. The molecule has 0 radical (unpaired) electrons. The summed E-state index contributed by atoms with van der Waals surface area (Å²) in [6.07, 6.45) is 1.78. The van der Waals surface area contributed by atoms with Crippen molar-refractivity contribution in [3.8, 4) is 5.69 Å². The molecule has 0 atom stereocenters. The highest BCUT2D eigenvalue weighted by Crippen LogP contribution is 2.32. The highest BCUT2D eigenvalue weighted by atomic mass is 32.1. The van der Waals surface area contributed by atoms with Gasteiger partial charge in [0.25, 0.3) is 5.91 Å². The number of aryl methyl sites for hydroxylation is 1. The molecule has 0 aliphatic rings. The molecule has 4 aromatic rings. The van der Waals surface area contributed by atoms with Gasteiger partial charge in [-0.05, 0) is 36.8 Å². The van der Waals surface area contributed by atoms with Gasteiger partial charge in [-0.3, -0.25) is 4.79 Å². The maximum Gasteiger partial charge on any atom is 0.267 e. The fourth-order valence-corrected chi connectivity index (χ4v) is 3.88. The van der Waals surface area contributed by atoms with E-state index in [-0.39, 0.29) is 11.7 Å². The van der Waals surface area contributed by atoms with Crippen molar-refractivity contribution in [3.05, 3.63) is 77.1 Å². The summed E-state index contributed by atoms with van der Waals surface area (Å²) in [5, 5.41) is 7.66. The Balaban J connectivity index is 1.62. The predicted octanol–water partition coefficient (Wildman–Crippen LogP) is 4.79. The van der Waals surface area contributed by atoms with E-state index in [1.807, 2.05) is 36.4 Å². The number of carbonyl (C=O) groups is 1. The molecule has 0 saturated heterocycles. The normalized spacial score (nSPS) is 11.0. The molecule has 2 aromatic heterocycles. The van der Waals surface area contributed by atoms with Gasteiger partial charge in [0.05, 0.1) is 10.6 Å². The summed E-state index contributed by atoms with van der Waals surface area (Å²) in [7, 11) is 0. The molecule has 0 unspecified atom stereocenters. The molecule has 6 heteroatoms. The van der Waals surface area contributed by atoms with E-state index in [2.05, 4.69) is 10.4 Å². The molecule has 0 aliphatic heterocycles. The van der Waals surface area contributed by atoms with Crippen LogP contribution in [0.4, 0.5) is 10.2 Å². The Kier molecular flexibility index (Phi) is 3.82. The van der Waals surface area contributed by atoms with Crippen LogP contribution in [0.25, 0.3) is 15.8 Å². The van der Waals surface area contributed by atoms with Crippen molar-refractivity contribution >= 4 is 33.1 Å². The number of fused-ring (bicyclic) bond motifs is 1. The zero-order chi connectivity index (χ0) is 17.4. The number of para-hydroxylation sites is 1. The Bertz CT molecular complexity index is 1070. The number of aromatic nitrogens is 2. The Morgan fingerprint density at radius 3 is 2.68 bits per heavy atom. The third-order valence-electron chi connectivity index (χ3n) is 3.96. The fourth-order valence-electron chi connectivity index (χ4n) is 2.76. The maximum atomic E-state index is 14.0. The van der Waals surface area contributed by atoms with Crippen molar-refractivity contribution in [2.24, 2.45) is 0 Å². The van der Waals surface area contributed by atoms with Gasteiger partial charge in [0.1, 0.15) is 5.82 Å². The molecular weight excluding hydrogens is 337 g/mol. The lowest BCUT2D eigenvalue weighted by Crippen LogP contribution is -2.12. The van der Waals surface area contributed by atoms with E-state index in [0.29, 0.717) is 21.6 Å². The minimum absolute atomic E-state index is 0.281. The van der Waals surface area contributed by atoms with Crippen LogP contribution in [0.2, 0.25) is 0 Å². The molecule has 4 rings (SSSR count). The largest absolute Gasteiger partial charge is 0.304 e. The van der Waals surface area contributed by atoms with Gasteiger partial charge >= 0.3 is 0 Å². The summed E-state index contributed by atoms with van der Waals surface area (Å²) in [5.74, 6) is -0.138. The number of carbonyl (C=O) groups excluding carboxylic acids is 1. The number of hydrogen-bond acceptors (Lipinski definition) is 3. The molecule has 0 fully saturated rings. The molecule has 0 spiro atoms. The van der Waals surface area contributed by atoms with Gasteiger partial charge in [0.15, 0.2) is 5.82 Å². The average Bonchev–Trinajstić information content (AvgIpc) is 3.21. The van der Waals surface area contributed by atoms with Crippen molar-refractivity contribution in [1.82, 2.24) is 9.78 Å². The zero-order valence-corrected chi connectivity index (χ0v) is 14.2. The molecular formula is C19H14FN3OS. The highest BCUT2D eigenvalue weighted by Gasteiger charge is 2.18. The first-order chi connectivity index (χ1) is 12.1. The van der Waals surface area contributed by atoms with Crippen LogP contribution in [0.3, 0.4) is 0 Å². The molecule has 2 heterocycles. The lowest BCUT2D eigenvalue weighted by atomic mass is 10.1. The fraction of sp³-hybridized carbons (Fsp3) is 0.0526. The monoisotopic (exact) mass is 351 g/mol. The summed E-state index contributed by atoms with van der Waals surface area (Å²) in [5.41, 5.74) is 1.56. The van der Waals surface area contributed by atoms with Gasteiger partial charge in [-0.25, -0.2) is 9.07 Å². The molecule has 25 heavy (non-hydrogen) atoms. The first kappa shape index (κ1) is 15.5. The summed E-state index contributed by atoms with van der Waals surface area (Å²) >= 11 is 1.28. The van der Waals surface area contributed by atoms with Crippen molar-refractivity contribution in [1.29, 1.82) is 0 Å². The van der Waals surface area contributed by atoms with E-state index >= 15 is 0 Å². The first-order valence-electron chi connectivity index (χ1n) is 7.73. The van der Waals surface area contributed by atoms with Crippen molar-refractivity contribution in [2.45, 2.75) is 6.92 Å². The molecule has 1 N–H and O–H groups in total. The standard InChI is InChI=1S/C19H14FN3OS/c1-12-17-14(20)8-5-9-15(17)25-18(12)19(24)21-16-10-11-23(22-16)13-6-3-2-4-7-13/h2-11H,1H3,(H,21,22,24). The zero-order valence-electron chi connectivity index (χ0n) is 13.4. The van der Waals surface area contributed by atoms with E-state index in [4.69, 9.17) is 0 Å². The second kappa shape index (κ2) is 6.14. The van der Waals surface area contributed by atoms with Crippen LogP contribution in [-0.2, 0) is 0 Å². The molecule has 124 valence electrons. The first-order valence-corrected chi connectivity index (χ1v) is 8.55. The van der Waals surface area contributed by atoms with E-state index in [0.717, 1.165) is 10.4 Å². The number of nitrogens with zero attached hydrogens (tertiary/aromatic N) is 2. The van der Waals surface area contributed by atoms with Crippen LogP contribution >= 0.6 is 11.3 Å². The van der Waals surface area contributed by atoms with E-state index in [1.165, 1.54) is 17.4 Å². The summed E-state index contributed by atoms with van der Waals surface area (Å²) in [6, 6.07) is 16.2. The van der Waals surface area contributed by atoms with Gasteiger partial charge in [0.2, 0.25) is 0 Å². The molecule has 0 bridgehead atoms. The van der Waals surface area contributed by atoms with Crippen molar-refractivity contribution in [3.63, 3.8) is 0 Å². The van der Waals surface area contributed by atoms with Crippen LogP contribution in [0.15, 0.2) is 60.8 Å². The van der Waals surface area contributed by atoms with E-state index in [1.54, 1.807) is 29.9 Å². The Labute approximate surface area is 147 Å². The second-order valence-electron chi connectivity index (χ2n) is 5.60. The number of nitrogens with one attached hydrogen (secondary N) is 1. The maximum absolute atomic E-state index is 14.0. The van der Waals surface area contributed by atoms with E-state index < -0.39 is 0 Å². The summed E-state index contributed by atoms with van der Waals surface area (Å²) in [4.78, 5) is 13.1. The quantitative estimate of drug-likeness (QED) is 0.577. The van der Waals surface area contributed by atoms with Gasteiger partial charge < -0.3 is 5.32 Å². The number of thiophene rings is 1. The van der Waals surface area contributed by atoms with Gasteiger partial charge in [0, 0.05) is 22.3 Å². The van der Waals surface area contributed by atoms with Crippen LogP contribution in [0.1, 0.15) is 15.2 Å². The van der Waals surface area contributed by atoms with Crippen LogP contribution in [0.5, 0.6) is 0 Å². The van der Waals surface area contributed by atoms with Crippen molar-refractivity contribution in [2.75, 3.05) is 5.32 Å². The number of benzene rings is 2. The summed E-state index contributed by atoms with van der Waals surface area (Å²) in [6.45, 7) is 1.76. The highest BCUT2D eigenvalue weighted by molar-refractivity contribution is 7.21. The third kappa shape index (κ3) is 2.81. The minimum atomic E-state index is -0.307. The topological polar surface area (TPSA) is 46.9 Å². The molecule has 4 nitrogen and oxygen atoms in total. The smallest absolute Gasteiger partial charge is 0.267 e. The number of hydrogen-bond donors (Lipinski definition) is 1. The lowest BCUT2D eigenvalue weighted by molar-refractivity contribution is 0.102. The Morgan fingerprint density at radius 1 is 1.12 bits per heavy atom. The Hall–Kier alpha value is -2.99. The molecule has 2 aromatic carbocycles. The van der Waals surface area contributed by atoms with Crippen LogP contribution in [-0.4, -0.2) is 15.7 Å².